The van der Waals surface area contributed by atoms with Crippen molar-refractivity contribution in [2.75, 3.05) is 30.5 Å². The Morgan fingerprint density at radius 3 is 3.00 bits per heavy atom. The maximum absolute atomic E-state index is 12.6. The monoisotopic (exact) mass is 447 g/mol. The molecule has 11 heteroatoms. The van der Waals surface area contributed by atoms with Crippen LogP contribution in [0.3, 0.4) is 0 Å². The third-order valence-electron chi connectivity index (χ3n) is 6.20. The standard InChI is InChI=1S/C19H25N7O2S2/c1-19(2)7-11-12(8-28-19)30-16-14(11)15-20-10-21-26(15)17-22-23-18(25(16)17)29-9-13(27)24-5-3-4-6-24/h15,20-21H,3-10H2,1-2H3. The predicted octanol–water partition coefficient (Wildman–Crippen LogP) is 1.78. The molecule has 1 unspecified atom stereocenters. The molecule has 2 fully saturated rings. The number of amides is 1. The van der Waals surface area contributed by atoms with Crippen molar-refractivity contribution in [3.05, 3.63) is 16.0 Å². The number of hydrogen-bond donors (Lipinski definition) is 2. The Morgan fingerprint density at radius 1 is 1.33 bits per heavy atom. The quantitative estimate of drug-likeness (QED) is 0.689. The molecule has 2 saturated heterocycles. The highest BCUT2D eigenvalue weighted by Gasteiger charge is 2.43. The maximum atomic E-state index is 12.6. The molecule has 0 aromatic carbocycles. The SMILES string of the molecule is CC1(C)Cc2c(sc3c2C2NCNN2c2nnc(SCC(=O)N4CCCC4)n2-3)CO1. The van der Waals surface area contributed by atoms with E-state index in [4.69, 9.17) is 4.74 Å². The number of nitrogens with one attached hydrogen (secondary N) is 2. The lowest BCUT2D eigenvalue weighted by atomic mass is 9.92. The van der Waals surface area contributed by atoms with Crippen LogP contribution in [0.4, 0.5) is 5.95 Å². The highest BCUT2D eigenvalue weighted by molar-refractivity contribution is 7.99. The van der Waals surface area contributed by atoms with E-state index in [1.165, 1.54) is 27.8 Å². The van der Waals surface area contributed by atoms with Gasteiger partial charge in [-0.1, -0.05) is 11.8 Å². The van der Waals surface area contributed by atoms with E-state index in [9.17, 15) is 4.79 Å². The van der Waals surface area contributed by atoms with E-state index in [2.05, 4.69) is 44.4 Å². The zero-order valence-corrected chi connectivity index (χ0v) is 18.7. The van der Waals surface area contributed by atoms with Crippen LogP contribution in [0.15, 0.2) is 5.16 Å². The Balaban J connectivity index is 1.38. The minimum Gasteiger partial charge on any atom is -0.370 e. The third-order valence-corrected chi connectivity index (χ3v) is 8.32. The van der Waals surface area contributed by atoms with E-state index in [0.29, 0.717) is 19.0 Å². The van der Waals surface area contributed by atoms with Gasteiger partial charge in [0, 0.05) is 30.0 Å². The summed E-state index contributed by atoms with van der Waals surface area (Å²) < 4.78 is 8.20. The number of thiophene rings is 1. The predicted molar refractivity (Wildman–Crippen MR) is 115 cm³/mol. The zero-order valence-electron chi connectivity index (χ0n) is 17.1. The lowest BCUT2D eigenvalue weighted by Crippen LogP contribution is -2.40. The van der Waals surface area contributed by atoms with Gasteiger partial charge < -0.3 is 9.64 Å². The van der Waals surface area contributed by atoms with Crippen molar-refractivity contribution in [2.45, 2.75) is 56.6 Å². The van der Waals surface area contributed by atoms with Gasteiger partial charge in [-0.25, -0.2) is 9.99 Å². The normalized spacial score (nSPS) is 23.9. The zero-order chi connectivity index (χ0) is 20.5. The van der Waals surface area contributed by atoms with Crippen LogP contribution in [-0.4, -0.2) is 56.7 Å². The van der Waals surface area contributed by atoms with E-state index in [-0.39, 0.29) is 17.7 Å². The van der Waals surface area contributed by atoms with E-state index in [1.54, 1.807) is 11.3 Å². The molecule has 6 heterocycles. The molecular weight excluding hydrogens is 422 g/mol. The average molecular weight is 448 g/mol. The van der Waals surface area contributed by atoms with Crippen molar-refractivity contribution in [2.24, 2.45) is 0 Å². The van der Waals surface area contributed by atoms with E-state index < -0.39 is 0 Å². The molecule has 6 rings (SSSR count). The highest BCUT2D eigenvalue weighted by Crippen LogP contribution is 2.48. The van der Waals surface area contributed by atoms with Gasteiger partial charge in [-0.3, -0.25) is 15.1 Å². The number of carbonyl (C=O) groups excluding carboxylic acids is 1. The number of anilines is 1. The Bertz CT molecular complexity index is 1010. The highest BCUT2D eigenvalue weighted by atomic mass is 32.2. The summed E-state index contributed by atoms with van der Waals surface area (Å²) in [5.41, 5.74) is 5.87. The maximum Gasteiger partial charge on any atom is 0.249 e. The molecule has 2 aromatic rings. The van der Waals surface area contributed by atoms with Crippen LogP contribution in [0.25, 0.3) is 5.00 Å². The number of fused-ring (bicyclic) bond motifs is 8. The van der Waals surface area contributed by atoms with Crippen molar-refractivity contribution in [3.8, 4) is 5.00 Å². The van der Waals surface area contributed by atoms with Crippen molar-refractivity contribution in [1.29, 1.82) is 0 Å². The van der Waals surface area contributed by atoms with Crippen LogP contribution in [0.5, 0.6) is 0 Å². The number of likely N-dealkylation sites (tertiary alicyclic amines) is 1. The molecule has 30 heavy (non-hydrogen) atoms. The summed E-state index contributed by atoms with van der Waals surface area (Å²) >= 11 is 3.24. The number of carbonyl (C=O) groups is 1. The van der Waals surface area contributed by atoms with Crippen LogP contribution >= 0.6 is 23.1 Å². The van der Waals surface area contributed by atoms with Crippen LogP contribution < -0.4 is 15.8 Å². The van der Waals surface area contributed by atoms with Crippen LogP contribution in [0.1, 0.15) is 48.9 Å². The number of nitrogens with zero attached hydrogens (tertiary/aromatic N) is 5. The largest absolute Gasteiger partial charge is 0.370 e. The molecular formula is C19H25N7O2S2. The van der Waals surface area contributed by atoms with Gasteiger partial charge in [0.25, 0.3) is 0 Å². The first-order valence-electron chi connectivity index (χ1n) is 10.4. The fourth-order valence-electron chi connectivity index (χ4n) is 4.71. The van der Waals surface area contributed by atoms with Crippen LogP contribution in [-0.2, 0) is 22.6 Å². The van der Waals surface area contributed by atoms with Gasteiger partial charge in [-0.05, 0) is 32.3 Å². The van der Waals surface area contributed by atoms with Gasteiger partial charge in [-0.15, -0.1) is 21.5 Å². The number of hydrogen-bond acceptors (Lipinski definition) is 9. The molecule has 0 aliphatic carbocycles. The van der Waals surface area contributed by atoms with Gasteiger partial charge in [0.2, 0.25) is 11.9 Å². The number of ether oxygens (including phenoxy) is 1. The molecule has 4 aliphatic heterocycles. The lowest BCUT2D eigenvalue weighted by molar-refractivity contribution is -0.127. The molecule has 160 valence electrons. The Labute approximate surface area is 183 Å². The molecule has 0 bridgehead atoms. The van der Waals surface area contributed by atoms with Crippen molar-refractivity contribution in [1.82, 2.24) is 30.4 Å². The van der Waals surface area contributed by atoms with Crippen LogP contribution in [0.2, 0.25) is 0 Å². The Hall–Kier alpha value is -1.66. The molecule has 2 N–H and O–H groups in total. The summed E-state index contributed by atoms with van der Waals surface area (Å²) in [4.78, 5) is 15.8. The number of thioether (sulfide) groups is 1. The summed E-state index contributed by atoms with van der Waals surface area (Å²) in [5, 5.41) is 16.5. The van der Waals surface area contributed by atoms with Crippen molar-refractivity contribution >= 4 is 35.0 Å². The van der Waals surface area contributed by atoms with E-state index >= 15 is 0 Å². The summed E-state index contributed by atoms with van der Waals surface area (Å²) in [7, 11) is 0. The molecule has 0 saturated carbocycles. The van der Waals surface area contributed by atoms with E-state index in [0.717, 1.165) is 48.5 Å². The number of hydrazine groups is 1. The van der Waals surface area contributed by atoms with Gasteiger partial charge in [0.1, 0.15) is 11.2 Å². The first-order chi connectivity index (χ1) is 14.5. The van der Waals surface area contributed by atoms with Crippen LogP contribution in [0, 0.1) is 0 Å². The van der Waals surface area contributed by atoms with Gasteiger partial charge in [0.05, 0.1) is 24.6 Å². The number of rotatable bonds is 3. The second kappa shape index (κ2) is 6.92. The van der Waals surface area contributed by atoms with Gasteiger partial charge in [-0.2, -0.15) is 0 Å². The molecule has 0 radical (unpaired) electrons. The minimum absolute atomic E-state index is 0.0367. The fraction of sp³-hybridized carbons (Fsp3) is 0.632. The fourth-order valence-corrected chi connectivity index (χ4v) is 6.86. The molecule has 0 spiro atoms. The molecule has 4 aliphatic rings. The molecule has 1 amide bonds. The summed E-state index contributed by atoms with van der Waals surface area (Å²) in [5.74, 6) is 1.35. The van der Waals surface area contributed by atoms with Gasteiger partial charge in [0.15, 0.2) is 5.16 Å². The minimum atomic E-state index is -0.175. The molecule has 1 atom stereocenters. The summed E-state index contributed by atoms with van der Waals surface area (Å²) in [6.45, 7) is 7.36. The molecule has 2 aromatic heterocycles. The second-order valence-corrected chi connectivity index (χ2v) is 10.8. The van der Waals surface area contributed by atoms with Gasteiger partial charge >= 0.3 is 0 Å². The first kappa shape index (κ1) is 19.1. The first-order valence-corrected chi connectivity index (χ1v) is 12.2. The topological polar surface area (TPSA) is 87.5 Å². The third kappa shape index (κ3) is 2.90. The number of aromatic nitrogens is 3. The Morgan fingerprint density at radius 2 is 2.17 bits per heavy atom. The second-order valence-electron chi connectivity index (χ2n) is 8.75. The molecule has 9 nitrogen and oxygen atoms in total. The lowest BCUT2D eigenvalue weighted by Gasteiger charge is -2.34. The summed E-state index contributed by atoms with van der Waals surface area (Å²) in [6.07, 6.45) is 3.13. The average Bonchev–Trinajstić information content (AvgIpc) is 3.49. The smallest absolute Gasteiger partial charge is 0.249 e. The van der Waals surface area contributed by atoms with Crippen molar-refractivity contribution in [3.63, 3.8) is 0 Å². The van der Waals surface area contributed by atoms with E-state index in [1.807, 2.05) is 4.90 Å². The summed E-state index contributed by atoms with van der Waals surface area (Å²) in [6, 6.07) is 0. The van der Waals surface area contributed by atoms with Crippen molar-refractivity contribution < 1.29 is 9.53 Å². The Kier molecular flexibility index (Phi) is 4.40.